The lowest BCUT2D eigenvalue weighted by atomic mass is 9.98. The van der Waals surface area contributed by atoms with Crippen LogP contribution in [0.2, 0.25) is 0 Å². The predicted octanol–water partition coefficient (Wildman–Crippen LogP) is 2.91. The van der Waals surface area contributed by atoms with Gasteiger partial charge in [0.15, 0.2) is 17.3 Å². The van der Waals surface area contributed by atoms with E-state index in [4.69, 9.17) is 14.2 Å². The first-order valence-electron chi connectivity index (χ1n) is 9.81. The number of carbonyl (C=O) groups is 2. The smallest absolute Gasteiger partial charge is 0.314 e. The molecule has 2 aromatic rings. The number of piperidine rings is 1. The van der Waals surface area contributed by atoms with Crippen LogP contribution >= 0.6 is 0 Å². The minimum atomic E-state index is -3.73. The van der Waals surface area contributed by atoms with Gasteiger partial charge in [-0.15, -0.1) is 0 Å². The third kappa shape index (κ3) is 5.05. The molecule has 0 unspecified atom stereocenters. The molecule has 0 atom stereocenters. The molecule has 0 spiro atoms. The van der Waals surface area contributed by atoms with Gasteiger partial charge in [0.2, 0.25) is 10.0 Å². The summed E-state index contributed by atoms with van der Waals surface area (Å²) in [6.07, 6.45) is 0.716. The van der Waals surface area contributed by atoms with Crippen LogP contribution in [0.3, 0.4) is 0 Å². The highest BCUT2D eigenvalue weighted by molar-refractivity contribution is 7.89. The number of hydrogen-bond donors (Lipinski definition) is 0. The maximum absolute atomic E-state index is 13.0. The fraction of sp³-hybridized carbons (Fsp3) is 0.364. The fourth-order valence-corrected chi connectivity index (χ4v) is 4.90. The number of methoxy groups -OCH3 is 2. The zero-order valence-corrected chi connectivity index (χ0v) is 18.5. The van der Waals surface area contributed by atoms with Gasteiger partial charge in [-0.05, 0) is 56.2 Å². The summed E-state index contributed by atoms with van der Waals surface area (Å²) in [4.78, 5) is 23.9. The quantitative estimate of drug-likeness (QED) is 0.366. The summed E-state index contributed by atoms with van der Waals surface area (Å²) in [6, 6.07) is 10.8. The van der Waals surface area contributed by atoms with Gasteiger partial charge >= 0.3 is 5.97 Å². The minimum Gasteiger partial charge on any atom is -0.493 e. The summed E-state index contributed by atoms with van der Waals surface area (Å²) < 4.78 is 43.1. The van der Waals surface area contributed by atoms with Crippen molar-refractivity contribution >= 4 is 21.8 Å². The maximum Gasteiger partial charge on any atom is 0.314 e. The largest absolute Gasteiger partial charge is 0.493 e. The monoisotopic (exact) mass is 447 g/mol. The molecule has 1 saturated heterocycles. The van der Waals surface area contributed by atoms with E-state index in [0.29, 0.717) is 35.7 Å². The van der Waals surface area contributed by atoms with Crippen molar-refractivity contribution in [3.05, 3.63) is 48.0 Å². The van der Waals surface area contributed by atoms with Gasteiger partial charge in [0.25, 0.3) is 0 Å². The lowest BCUT2D eigenvalue weighted by Gasteiger charge is -2.30. The molecule has 1 heterocycles. The summed E-state index contributed by atoms with van der Waals surface area (Å²) >= 11 is 0. The van der Waals surface area contributed by atoms with Crippen molar-refractivity contribution in [2.24, 2.45) is 5.92 Å². The van der Waals surface area contributed by atoms with E-state index in [-0.39, 0.29) is 23.8 Å². The Morgan fingerprint density at radius 3 is 2.10 bits per heavy atom. The molecular formula is C22H25NO7S. The van der Waals surface area contributed by atoms with E-state index >= 15 is 0 Å². The summed E-state index contributed by atoms with van der Waals surface area (Å²) in [7, 11) is -0.804. The Hall–Kier alpha value is -2.91. The maximum atomic E-state index is 13.0. The van der Waals surface area contributed by atoms with Crippen LogP contribution in [-0.2, 0) is 14.8 Å². The number of ether oxygens (including phenoxy) is 3. The molecule has 1 aliphatic heterocycles. The molecular weight excluding hydrogens is 422 g/mol. The van der Waals surface area contributed by atoms with Crippen LogP contribution in [0.4, 0.5) is 0 Å². The first-order chi connectivity index (χ1) is 14.8. The van der Waals surface area contributed by atoms with Gasteiger partial charge in [0.05, 0.1) is 25.0 Å². The molecule has 0 saturated carbocycles. The van der Waals surface area contributed by atoms with E-state index in [1.807, 2.05) is 0 Å². The molecule has 0 N–H and O–H groups in total. The Bertz CT molecular complexity index is 1060. The number of benzene rings is 2. The number of rotatable bonds is 7. The average Bonchev–Trinajstić information content (AvgIpc) is 2.78. The van der Waals surface area contributed by atoms with Crippen molar-refractivity contribution in [1.29, 1.82) is 0 Å². The molecule has 0 amide bonds. The van der Waals surface area contributed by atoms with E-state index in [2.05, 4.69) is 0 Å². The molecule has 3 rings (SSSR count). The average molecular weight is 448 g/mol. The van der Waals surface area contributed by atoms with Gasteiger partial charge in [-0.2, -0.15) is 4.31 Å². The molecule has 1 fully saturated rings. The second-order valence-electron chi connectivity index (χ2n) is 7.20. The molecule has 0 aromatic heterocycles. The first kappa shape index (κ1) is 22.8. The van der Waals surface area contributed by atoms with Gasteiger partial charge in [-0.3, -0.25) is 9.59 Å². The van der Waals surface area contributed by atoms with E-state index in [0.717, 1.165) is 0 Å². The van der Waals surface area contributed by atoms with E-state index in [9.17, 15) is 18.0 Å². The lowest BCUT2D eigenvalue weighted by molar-refractivity contribution is -0.140. The van der Waals surface area contributed by atoms with Crippen LogP contribution in [-0.4, -0.2) is 51.8 Å². The van der Waals surface area contributed by atoms with Crippen LogP contribution in [0.5, 0.6) is 17.2 Å². The number of Topliss-reactive ketones (excluding diaryl/α,β-unsaturated/α-hetero) is 1. The van der Waals surface area contributed by atoms with Crippen molar-refractivity contribution in [2.45, 2.75) is 24.7 Å². The third-order valence-electron chi connectivity index (χ3n) is 5.26. The Balaban J connectivity index is 1.63. The Kier molecular flexibility index (Phi) is 6.97. The Labute approximate surface area is 181 Å². The first-order valence-corrected chi connectivity index (χ1v) is 11.2. The van der Waals surface area contributed by atoms with Crippen LogP contribution < -0.4 is 14.2 Å². The molecule has 9 heteroatoms. The standard InChI is InChI=1S/C22H25NO7S/c1-15(24)16-4-6-18(7-5-16)30-22(25)17-10-12-23(13-11-17)31(26,27)19-8-9-20(28-2)21(14-19)29-3/h4-9,14,17H,10-13H2,1-3H3. The number of sulfonamides is 1. The Morgan fingerprint density at radius 2 is 1.55 bits per heavy atom. The van der Waals surface area contributed by atoms with Crippen molar-refractivity contribution in [1.82, 2.24) is 4.31 Å². The molecule has 0 aliphatic carbocycles. The highest BCUT2D eigenvalue weighted by Crippen LogP contribution is 2.32. The number of carbonyl (C=O) groups excluding carboxylic acids is 2. The minimum absolute atomic E-state index is 0.0686. The third-order valence-corrected chi connectivity index (χ3v) is 7.15. The Morgan fingerprint density at radius 1 is 0.935 bits per heavy atom. The second-order valence-corrected chi connectivity index (χ2v) is 9.13. The number of ketones is 1. The van der Waals surface area contributed by atoms with Gasteiger partial charge in [0.1, 0.15) is 5.75 Å². The van der Waals surface area contributed by atoms with Crippen LogP contribution in [0.25, 0.3) is 0 Å². The molecule has 1 aliphatic rings. The summed E-state index contributed by atoms with van der Waals surface area (Å²) in [6.45, 7) is 1.88. The summed E-state index contributed by atoms with van der Waals surface area (Å²) in [5.74, 6) is 0.261. The van der Waals surface area contributed by atoms with E-state index in [1.165, 1.54) is 37.6 Å². The van der Waals surface area contributed by atoms with Gasteiger partial charge in [-0.25, -0.2) is 8.42 Å². The van der Waals surface area contributed by atoms with Crippen molar-refractivity contribution in [3.63, 3.8) is 0 Å². The van der Waals surface area contributed by atoms with Crippen LogP contribution in [0, 0.1) is 5.92 Å². The summed E-state index contributed by atoms with van der Waals surface area (Å²) in [5.41, 5.74) is 0.536. The van der Waals surface area contributed by atoms with Crippen LogP contribution in [0.1, 0.15) is 30.1 Å². The van der Waals surface area contributed by atoms with Gasteiger partial charge < -0.3 is 14.2 Å². The second kappa shape index (κ2) is 9.49. The highest BCUT2D eigenvalue weighted by Gasteiger charge is 2.33. The molecule has 166 valence electrons. The molecule has 8 nitrogen and oxygen atoms in total. The lowest BCUT2D eigenvalue weighted by Crippen LogP contribution is -2.41. The molecule has 31 heavy (non-hydrogen) atoms. The van der Waals surface area contributed by atoms with Crippen molar-refractivity contribution in [3.8, 4) is 17.2 Å². The predicted molar refractivity (Wildman–Crippen MR) is 113 cm³/mol. The van der Waals surface area contributed by atoms with Crippen LogP contribution in [0.15, 0.2) is 47.4 Å². The van der Waals surface area contributed by atoms with Crippen molar-refractivity contribution in [2.75, 3.05) is 27.3 Å². The fourth-order valence-electron chi connectivity index (χ4n) is 3.42. The molecule has 0 radical (unpaired) electrons. The topological polar surface area (TPSA) is 99.2 Å². The highest BCUT2D eigenvalue weighted by atomic mass is 32.2. The van der Waals surface area contributed by atoms with Gasteiger partial charge in [-0.1, -0.05) is 0 Å². The van der Waals surface area contributed by atoms with E-state index in [1.54, 1.807) is 30.3 Å². The zero-order chi connectivity index (χ0) is 22.6. The number of esters is 1. The summed E-state index contributed by atoms with van der Waals surface area (Å²) in [5, 5.41) is 0. The molecule has 2 aromatic carbocycles. The SMILES string of the molecule is COc1ccc(S(=O)(=O)N2CCC(C(=O)Oc3ccc(C(C)=O)cc3)CC2)cc1OC. The number of hydrogen-bond acceptors (Lipinski definition) is 7. The normalized spacial score (nSPS) is 15.3. The number of nitrogens with zero attached hydrogens (tertiary/aromatic N) is 1. The van der Waals surface area contributed by atoms with Crippen molar-refractivity contribution < 1.29 is 32.2 Å². The zero-order valence-electron chi connectivity index (χ0n) is 17.7. The van der Waals surface area contributed by atoms with Gasteiger partial charge in [0, 0.05) is 24.7 Å². The molecule has 0 bridgehead atoms. The van der Waals surface area contributed by atoms with E-state index < -0.39 is 21.9 Å².